The number of nitrogens with one attached hydrogen (secondary N) is 1. The maximum absolute atomic E-state index is 5.24. The molecular formula is C22H18N4O. The van der Waals surface area contributed by atoms with Crippen molar-refractivity contribution < 1.29 is 4.74 Å². The minimum atomic E-state index is 0.610. The lowest BCUT2D eigenvalue weighted by molar-refractivity contribution is 0.415. The average molecular weight is 354 g/mol. The third kappa shape index (κ3) is 3.77. The number of rotatable bonds is 5. The topological polar surface area (TPSA) is 59.4 Å². The van der Waals surface area contributed by atoms with Gasteiger partial charge in [-0.15, -0.1) is 0 Å². The van der Waals surface area contributed by atoms with E-state index in [2.05, 4.69) is 10.5 Å². The number of hydrogen-bond donors (Lipinski definition) is 1. The molecule has 4 aromatic rings. The smallest absolute Gasteiger partial charge is 0.173 e. The Kier molecular flexibility index (Phi) is 4.74. The lowest BCUT2D eigenvalue weighted by Crippen LogP contribution is -2.00. The van der Waals surface area contributed by atoms with Crippen LogP contribution in [0.5, 0.6) is 5.75 Å². The van der Waals surface area contributed by atoms with Gasteiger partial charge in [0.1, 0.15) is 11.4 Å². The number of anilines is 1. The summed E-state index contributed by atoms with van der Waals surface area (Å²) in [6, 6.07) is 25.4. The van der Waals surface area contributed by atoms with Crippen LogP contribution >= 0.6 is 0 Å². The summed E-state index contributed by atoms with van der Waals surface area (Å²) in [5, 5.41) is 4.35. The monoisotopic (exact) mass is 354 g/mol. The van der Waals surface area contributed by atoms with E-state index in [0.717, 1.165) is 33.6 Å². The number of ether oxygens (including phenoxy) is 1. The molecule has 5 nitrogen and oxygen atoms in total. The normalized spacial score (nSPS) is 11.0. The lowest BCUT2D eigenvalue weighted by atomic mass is 10.1. The third-order valence-electron chi connectivity index (χ3n) is 4.10. The fourth-order valence-corrected chi connectivity index (χ4v) is 2.77. The summed E-state index contributed by atoms with van der Waals surface area (Å²) >= 11 is 0. The molecule has 0 spiro atoms. The maximum atomic E-state index is 5.24. The van der Waals surface area contributed by atoms with Crippen molar-refractivity contribution in [2.24, 2.45) is 5.10 Å². The Morgan fingerprint density at radius 3 is 2.37 bits per heavy atom. The molecule has 1 heterocycles. The van der Waals surface area contributed by atoms with Crippen LogP contribution in [0, 0.1) is 0 Å². The van der Waals surface area contributed by atoms with E-state index in [-0.39, 0.29) is 0 Å². The second-order valence-electron chi connectivity index (χ2n) is 5.92. The van der Waals surface area contributed by atoms with Gasteiger partial charge in [-0.3, -0.25) is 5.43 Å². The number of hydrazone groups is 1. The van der Waals surface area contributed by atoms with Gasteiger partial charge in [-0.1, -0.05) is 54.6 Å². The van der Waals surface area contributed by atoms with Gasteiger partial charge in [0.15, 0.2) is 5.82 Å². The molecule has 0 aliphatic carbocycles. The Hall–Kier alpha value is -3.73. The van der Waals surface area contributed by atoms with E-state index >= 15 is 0 Å². The van der Waals surface area contributed by atoms with Gasteiger partial charge in [0, 0.05) is 5.56 Å². The van der Waals surface area contributed by atoms with Crippen molar-refractivity contribution in [3.8, 4) is 17.0 Å². The average Bonchev–Trinajstić information content (AvgIpc) is 2.74. The molecular weight excluding hydrogens is 336 g/mol. The van der Waals surface area contributed by atoms with E-state index < -0.39 is 0 Å². The van der Waals surface area contributed by atoms with Crippen LogP contribution in [0.2, 0.25) is 0 Å². The van der Waals surface area contributed by atoms with Gasteiger partial charge in [-0.05, 0) is 29.8 Å². The molecule has 0 bridgehead atoms. The molecule has 27 heavy (non-hydrogen) atoms. The Balaban J connectivity index is 1.70. The predicted molar refractivity (Wildman–Crippen MR) is 109 cm³/mol. The van der Waals surface area contributed by atoms with Crippen LogP contribution < -0.4 is 10.2 Å². The molecule has 4 rings (SSSR count). The van der Waals surface area contributed by atoms with Gasteiger partial charge >= 0.3 is 0 Å². The van der Waals surface area contributed by atoms with Gasteiger partial charge in [-0.2, -0.15) is 5.10 Å². The Morgan fingerprint density at radius 2 is 1.59 bits per heavy atom. The summed E-state index contributed by atoms with van der Waals surface area (Å²) in [6.45, 7) is 0. The SMILES string of the molecule is COc1cccc(/C=N/Nc2nc3ccccc3nc2-c2ccccc2)c1. The molecule has 0 atom stereocenters. The van der Waals surface area contributed by atoms with Crippen molar-refractivity contribution in [2.45, 2.75) is 0 Å². The summed E-state index contributed by atoms with van der Waals surface area (Å²) in [5.41, 5.74) is 7.38. The standard InChI is InChI=1S/C22H18N4O/c1-27-18-11-7-8-16(14-18)15-23-26-22-21(17-9-3-2-4-10-17)24-19-12-5-6-13-20(19)25-22/h2-15H,1H3,(H,25,26)/b23-15+. The first-order valence-electron chi connectivity index (χ1n) is 8.59. The van der Waals surface area contributed by atoms with Crippen molar-refractivity contribution in [1.82, 2.24) is 9.97 Å². The molecule has 5 heteroatoms. The van der Waals surface area contributed by atoms with Crippen LogP contribution in [-0.4, -0.2) is 23.3 Å². The number of aromatic nitrogens is 2. The molecule has 0 unspecified atom stereocenters. The lowest BCUT2D eigenvalue weighted by Gasteiger charge is -2.09. The molecule has 1 aromatic heterocycles. The van der Waals surface area contributed by atoms with Crippen LogP contribution in [-0.2, 0) is 0 Å². The summed E-state index contributed by atoms with van der Waals surface area (Å²) < 4.78 is 5.24. The highest BCUT2D eigenvalue weighted by Crippen LogP contribution is 2.26. The van der Waals surface area contributed by atoms with Crippen molar-refractivity contribution in [3.63, 3.8) is 0 Å². The zero-order valence-corrected chi connectivity index (χ0v) is 14.8. The minimum Gasteiger partial charge on any atom is -0.497 e. The summed E-state index contributed by atoms with van der Waals surface area (Å²) in [6.07, 6.45) is 1.73. The summed E-state index contributed by atoms with van der Waals surface area (Å²) in [7, 11) is 1.64. The Morgan fingerprint density at radius 1 is 0.852 bits per heavy atom. The summed E-state index contributed by atoms with van der Waals surface area (Å²) in [4.78, 5) is 9.48. The number of para-hydroxylation sites is 2. The van der Waals surface area contributed by atoms with E-state index in [0.29, 0.717) is 5.82 Å². The highest BCUT2D eigenvalue weighted by molar-refractivity contribution is 5.84. The Labute approximate surface area is 157 Å². The zero-order chi connectivity index (χ0) is 18.5. The van der Waals surface area contributed by atoms with E-state index in [1.807, 2.05) is 78.9 Å². The molecule has 0 fully saturated rings. The summed E-state index contributed by atoms with van der Waals surface area (Å²) in [5.74, 6) is 1.40. The zero-order valence-electron chi connectivity index (χ0n) is 14.8. The molecule has 0 aliphatic heterocycles. The first-order valence-corrected chi connectivity index (χ1v) is 8.59. The van der Waals surface area contributed by atoms with Crippen LogP contribution in [0.3, 0.4) is 0 Å². The van der Waals surface area contributed by atoms with Crippen molar-refractivity contribution in [2.75, 3.05) is 12.5 Å². The fraction of sp³-hybridized carbons (Fsp3) is 0.0455. The largest absolute Gasteiger partial charge is 0.497 e. The van der Waals surface area contributed by atoms with Crippen LogP contribution in [0.4, 0.5) is 5.82 Å². The molecule has 3 aromatic carbocycles. The Bertz CT molecular complexity index is 1090. The molecule has 0 radical (unpaired) electrons. The van der Waals surface area contributed by atoms with Gasteiger partial charge in [0.25, 0.3) is 0 Å². The van der Waals surface area contributed by atoms with Crippen molar-refractivity contribution in [3.05, 3.63) is 84.4 Å². The van der Waals surface area contributed by atoms with E-state index in [1.54, 1.807) is 13.3 Å². The minimum absolute atomic E-state index is 0.610. The molecule has 0 saturated heterocycles. The van der Waals surface area contributed by atoms with Crippen molar-refractivity contribution in [1.29, 1.82) is 0 Å². The van der Waals surface area contributed by atoms with Crippen LogP contribution in [0.15, 0.2) is 84.0 Å². The second kappa shape index (κ2) is 7.66. The van der Waals surface area contributed by atoms with Gasteiger partial charge < -0.3 is 4.74 Å². The maximum Gasteiger partial charge on any atom is 0.173 e. The van der Waals surface area contributed by atoms with Gasteiger partial charge in [0.05, 0.1) is 24.4 Å². The van der Waals surface area contributed by atoms with Crippen LogP contribution in [0.25, 0.3) is 22.3 Å². The third-order valence-corrected chi connectivity index (χ3v) is 4.10. The molecule has 0 amide bonds. The van der Waals surface area contributed by atoms with Gasteiger partial charge in [-0.25, -0.2) is 9.97 Å². The number of benzene rings is 3. The number of nitrogens with zero attached hydrogens (tertiary/aromatic N) is 3. The number of hydrogen-bond acceptors (Lipinski definition) is 5. The molecule has 1 N–H and O–H groups in total. The van der Waals surface area contributed by atoms with Crippen molar-refractivity contribution >= 4 is 23.1 Å². The quantitative estimate of drug-likeness (QED) is 0.415. The molecule has 0 saturated carbocycles. The fourth-order valence-electron chi connectivity index (χ4n) is 2.77. The predicted octanol–water partition coefficient (Wildman–Crippen LogP) is 4.75. The van der Waals surface area contributed by atoms with E-state index in [4.69, 9.17) is 14.7 Å². The van der Waals surface area contributed by atoms with Gasteiger partial charge in [0.2, 0.25) is 0 Å². The molecule has 132 valence electrons. The second-order valence-corrected chi connectivity index (χ2v) is 5.92. The first kappa shape index (κ1) is 16.7. The number of methoxy groups -OCH3 is 1. The first-order chi connectivity index (χ1) is 13.3. The van der Waals surface area contributed by atoms with E-state index in [1.165, 1.54) is 0 Å². The molecule has 0 aliphatic rings. The number of fused-ring (bicyclic) bond motifs is 1. The van der Waals surface area contributed by atoms with Crippen LogP contribution in [0.1, 0.15) is 5.56 Å². The highest BCUT2D eigenvalue weighted by Gasteiger charge is 2.10. The van der Waals surface area contributed by atoms with E-state index in [9.17, 15) is 0 Å². The highest BCUT2D eigenvalue weighted by atomic mass is 16.5.